The molecule has 0 heterocycles. The van der Waals surface area contributed by atoms with Crippen LogP contribution in [0.25, 0.3) is 5.47 Å². The highest BCUT2D eigenvalue weighted by atomic mass is 19.1. The lowest BCUT2D eigenvalue weighted by molar-refractivity contribution is 0.616. The second-order valence-corrected chi connectivity index (χ2v) is 2.16. The van der Waals surface area contributed by atoms with Crippen LogP contribution >= 0.6 is 0 Å². The topological polar surface area (TPSA) is 20.2 Å². The third-order valence-electron chi connectivity index (χ3n) is 1.35. The second-order valence-electron chi connectivity index (χ2n) is 2.16. The Balaban J connectivity index is 2.96. The van der Waals surface area contributed by atoms with Crippen LogP contribution in [-0.4, -0.2) is 12.5 Å². The van der Waals surface area contributed by atoms with Crippen LogP contribution < -0.4 is 0 Å². The lowest BCUT2D eigenvalue weighted by Gasteiger charge is -1.99. The Morgan fingerprint density at radius 3 is 2.82 bits per heavy atom. The van der Waals surface area contributed by atoms with Gasteiger partial charge in [-0.05, 0) is 17.7 Å². The van der Waals surface area contributed by atoms with Gasteiger partial charge in [-0.15, -0.1) is 6.58 Å². The second kappa shape index (κ2) is 3.35. The van der Waals surface area contributed by atoms with E-state index in [1.165, 1.54) is 12.1 Å². The molecule has 55 valence electrons. The molecule has 0 amide bonds. The Morgan fingerprint density at radius 2 is 2.27 bits per heavy atom. The summed E-state index contributed by atoms with van der Waals surface area (Å²) in [5.74, 6) is -0.328. The Bertz CT molecular complexity index is 273. The van der Waals surface area contributed by atoms with Gasteiger partial charge in [0.25, 0.3) is 0 Å². The molecule has 0 unspecified atom stereocenters. The molecule has 0 aliphatic heterocycles. The zero-order valence-corrected chi connectivity index (χ0v) is 5.92. The maximum Gasteiger partial charge on any atom is 0.326 e. The van der Waals surface area contributed by atoms with Crippen molar-refractivity contribution < 1.29 is 9.41 Å². The van der Waals surface area contributed by atoms with Gasteiger partial charge in [-0.2, -0.15) is 0 Å². The molecule has 0 saturated carbocycles. The molecule has 0 bridgehead atoms. The summed E-state index contributed by atoms with van der Waals surface area (Å²) in [4.78, 5) is 0. The highest BCUT2D eigenvalue weighted by Gasteiger charge is 1.99. The van der Waals surface area contributed by atoms with Gasteiger partial charge in [0.2, 0.25) is 0 Å². The van der Waals surface area contributed by atoms with Gasteiger partial charge in [-0.1, -0.05) is 17.6 Å². The third-order valence-corrected chi connectivity index (χ3v) is 1.35. The first-order valence-corrected chi connectivity index (χ1v) is 3.16. The largest absolute Gasteiger partial charge is 0.450 e. The van der Waals surface area contributed by atoms with E-state index in [1.54, 1.807) is 12.1 Å². The molecule has 1 aromatic rings. The number of halogens is 1. The van der Waals surface area contributed by atoms with Gasteiger partial charge >= 0.3 is 7.48 Å². The molecular weight excluding hydrogens is 142 g/mol. The summed E-state index contributed by atoms with van der Waals surface area (Å²) < 4.78 is 12.5. The molecule has 0 aromatic heterocycles. The van der Waals surface area contributed by atoms with E-state index >= 15 is 0 Å². The van der Waals surface area contributed by atoms with Crippen LogP contribution in [0.1, 0.15) is 5.56 Å². The molecule has 11 heavy (non-hydrogen) atoms. The predicted molar refractivity (Wildman–Crippen MR) is 43.4 cm³/mol. The molecule has 0 spiro atoms. The van der Waals surface area contributed by atoms with Crippen molar-refractivity contribution in [3.05, 3.63) is 42.2 Å². The first kappa shape index (κ1) is 8.02. The number of rotatable bonds is 2. The van der Waals surface area contributed by atoms with E-state index in [2.05, 4.69) is 6.58 Å². The summed E-state index contributed by atoms with van der Waals surface area (Å²) >= 11 is 0. The van der Waals surface area contributed by atoms with Crippen molar-refractivity contribution in [2.24, 2.45) is 0 Å². The summed E-state index contributed by atoms with van der Waals surface area (Å²) in [7, 11) is 0.856. The van der Waals surface area contributed by atoms with Gasteiger partial charge in [0.1, 0.15) is 5.82 Å². The summed E-state index contributed by atoms with van der Waals surface area (Å²) in [5, 5.41) is 8.53. The van der Waals surface area contributed by atoms with Crippen molar-refractivity contribution >= 4 is 13.0 Å². The molecule has 1 aromatic carbocycles. The molecule has 1 nitrogen and oxygen atoms in total. The van der Waals surface area contributed by atoms with Crippen LogP contribution in [0, 0.1) is 5.82 Å². The van der Waals surface area contributed by atoms with Crippen molar-refractivity contribution in [1.29, 1.82) is 0 Å². The first-order chi connectivity index (χ1) is 5.24. The molecule has 3 heteroatoms. The van der Waals surface area contributed by atoms with E-state index in [4.69, 9.17) is 5.02 Å². The fraction of sp³-hybridized carbons (Fsp3) is 0. The van der Waals surface area contributed by atoms with Crippen molar-refractivity contribution in [1.82, 2.24) is 0 Å². The average Bonchev–Trinajstić information content (AvgIpc) is 2.03. The zero-order valence-electron chi connectivity index (χ0n) is 5.92. The van der Waals surface area contributed by atoms with Gasteiger partial charge < -0.3 is 5.02 Å². The van der Waals surface area contributed by atoms with Gasteiger partial charge in [0.05, 0.1) is 0 Å². The maximum absolute atomic E-state index is 12.5. The molecular formula is C8H7BFO. The lowest BCUT2D eigenvalue weighted by atomic mass is 9.84. The van der Waals surface area contributed by atoms with Gasteiger partial charge in [-0.3, -0.25) is 0 Å². The predicted octanol–water partition coefficient (Wildman–Crippen LogP) is 1.41. The highest BCUT2D eigenvalue weighted by Crippen LogP contribution is 2.10. The molecule has 0 fully saturated rings. The Labute approximate surface area is 65.5 Å². The highest BCUT2D eigenvalue weighted by molar-refractivity contribution is 6.53. The van der Waals surface area contributed by atoms with Crippen molar-refractivity contribution in [2.75, 3.05) is 0 Å². The van der Waals surface area contributed by atoms with E-state index in [0.717, 1.165) is 7.48 Å². The third kappa shape index (κ3) is 1.92. The summed E-state index contributed by atoms with van der Waals surface area (Å²) in [6.45, 7) is 3.51. The molecule has 1 radical (unpaired) electrons. The minimum Gasteiger partial charge on any atom is -0.450 e. The van der Waals surface area contributed by atoms with Gasteiger partial charge in [0.15, 0.2) is 0 Å². The van der Waals surface area contributed by atoms with Crippen molar-refractivity contribution in [3.63, 3.8) is 0 Å². The zero-order chi connectivity index (χ0) is 8.27. The Kier molecular flexibility index (Phi) is 2.44. The molecule has 0 aliphatic carbocycles. The summed E-state index contributed by atoms with van der Waals surface area (Å²) in [6, 6.07) is 5.90. The van der Waals surface area contributed by atoms with Crippen LogP contribution in [0.5, 0.6) is 0 Å². The monoisotopic (exact) mass is 149 g/mol. The quantitative estimate of drug-likeness (QED) is 0.630. The first-order valence-electron chi connectivity index (χ1n) is 3.16. The molecule has 0 aliphatic rings. The van der Waals surface area contributed by atoms with Crippen LogP contribution in [0.3, 0.4) is 0 Å². The molecule has 0 saturated heterocycles. The maximum atomic E-state index is 12.5. The van der Waals surface area contributed by atoms with E-state index in [9.17, 15) is 4.39 Å². The standard InChI is InChI=1S/C8H7BFO/c1-6(9-11)7-3-2-4-8(10)5-7/h2-5,11H,1H2. The Morgan fingerprint density at radius 1 is 1.55 bits per heavy atom. The summed E-state index contributed by atoms with van der Waals surface area (Å²) in [5.41, 5.74) is 0.997. The molecule has 1 N–H and O–H groups in total. The Hall–Kier alpha value is -1.09. The fourth-order valence-corrected chi connectivity index (χ4v) is 0.763. The van der Waals surface area contributed by atoms with Crippen LogP contribution in [0.2, 0.25) is 0 Å². The van der Waals surface area contributed by atoms with Gasteiger partial charge in [-0.25, -0.2) is 4.39 Å². The van der Waals surface area contributed by atoms with E-state index < -0.39 is 0 Å². The van der Waals surface area contributed by atoms with Gasteiger partial charge in [0, 0.05) is 0 Å². The van der Waals surface area contributed by atoms with E-state index in [1.807, 2.05) is 0 Å². The normalized spacial score (nSPS) is 9.27. The molecule has 0 atom stereocenters. The van der Waals surface area contributed by atoms with Crippen LogP contribution in [0.4, 0.5) is 4.39 Å². The summed E-state index contributed by atoms with van der Waals surface area (Å²) in [6.07, 6.45) is 0. The number of hydrogen-bond donors (Lipinski definition) is 1. The number of benzene rings is 1. The van der Waals surface area contributed by atoms with Crippen LogP contribution in [0.15, 0.2) is 30.8 Å². The van der Waals surface area contributed by atoms with Crippen molar-refractivity contribution in [2.45, 2.75) is 0 Å². The minimum absolute atomic E-state index is 0.328. The van der Waals surface area contributed by atoms with E-state index in [0.29, 0.717) is 11.0 Å². The number of hydrogen-bond acceptors (Lipinski definition) is 1. The molecule has 1 rings (SSSR count). The fourth-order valence-electron chi connectivity index (χ4n) is 0.763. The smallest absolute Gasteiger partial charge is 0.326 e. The lowest BCUT2D eigenvalue weighted by Crippen LogP contribution is -1.92. The average molecular weight is 149 g/mol. The van der Waals surface area contributed by atoms with Crippen molar-refractivity contribution in [3.8, 4) is 0 Å². The van der Waals surface area contributed by atoms with E-state index in [-0.39, 0.29) is 5.82 Å². The SMILES string of the molecule is C=C([B]O)c1cccc(F)c1. The minimum atomic E-state index is -0.328. The van der Waals surface area contributed by atoms with Crippen LogP contribution in [-0.2, 0) is 0 Å².